The number of ether oxygens (including phenoxy) is 1. The predicted molar refractivity (Wildman–Crippen MR) is 67.5 cm³/mol. The van der Waals surface area contributed by atoms with Crippen LogP contribution in [0.2, 0.25) is 0 Å². The molecular formula is C11H21N3O5. The maximum Gasteiger partial charge on any atom is 0.326 e. The average Bonchev–Trinajstić information content (AvgIpc) is 2.31. The number of primary amides is 1. The molecule has 0 aromatic rings. The van der Waals surface area contributed by atoms with Crippen molar-refractivity contribution in [2.24, 2.45) is 5.73 Å². The molecule has 0 aromatic heterocycles. The van der Waals surface area contributed by atoms with Gasteiger partial charge in [-0.3, -0.25) is 4.79 Å². The van der Waals surface area contributed by atoms with Gasteiger partial charge in [0.15, 0.2) is 0 Å². The van der Waals surface area contributed by atoms with Crippen LogP contribution < -0.4 is 16.4 Å². The number of carboxylic acids is 1. The van der Waals surface area contributed by atoms with Crippen LogP contribution in [-0.2, 0) is 14.3 Å². The summed E-state index contributed by atoms with van der Waals surface area (Å²) in [6, 6.07) is -1.77. The zero-order chi connectivity index (χ0) is 14.8. The quantitative estimate of drug-likeness (QED) is 0.447. The van der Waals surface area contributed by atoms with Gasteiger partial charge in [-0.2, -0.15) is 0 Å². The second kappa shape index (κ2) is 9.15. The highest BCUT2D eigenvalue weighted by Crippen LogP contribution is 1.97. The molecule has 0 rings (SSSR count). The molecule has 0 aromatic carbocycles. The number of urea groups is 1. The summed E-state index contributed by atoms with van der Waals surface area (Å²) >= 11 is 0. The van der Waals surface area contributed by atoms with Crippen LogP contribution in [0.1, 0.15) is 26.7 Å². The van der Waals surface area contributed by atoms with E-state index in [1.165, 1.54) is 0 Å². The van der Waals surface area contributed by atoms with Crippen molar-refractivity contribution < 1.29 is 24.2 Å². The van der Waals surface area contributed by atoms with Crippen LogP contribution in [0.3, 0.4) is 0 Å². The summed E-state index contributed by atoms with van der Waals surface area (Å²) in [6.45, 7) is 4.41. The molecule has 8 heteroatoms. The number of amides is 3. The van der Waals surface area contributed by atoms with Gasteiger partial charge in [-0.05, 0) is 20.3 Å². The highest BCUT2D eigenvalue weighted by molar-refractivity contribution is 5.83. The molecule has 0 heterocycles. The third kappa shape index (κ3) is 8.83. The first kappa shape index (κ1) is 17.2. The zero-order valence-corrected chi connectivity index (χ0v) is 11.1. The normalized spacial score (nSPS) is 13.4. The molecule has 110 valence electrons. The van der Waals surface area contributed by atoms with Gasteiger partial charge in [-0.15, -0.1) is 0 Å². The maximum absolute atomic E-state index is 11.5. The number of rotatable bonds is 9. The number of carbonyl (C=O) groups excluding carboxylic acids is 2. The minimum atomic E-state index is -1.21. The zero-order valence-electron chi connectivity index (χ0n) is 11.1. The molecular weight excluding hydrogens is 254 g/mol. The van der Waals surface area contributed by atoms with Crippen LogP contribution in [0, 0.1) is 0 Å². The molecule has 0 saturated heterocycles. The second-order valence-corrected chi connectivity index (χ2v) is 4.02. The highest BCUT2D eigenvalue weighted by Gasteiger charge is 2.20. The fraction of sp³-hybridized carbons (Fsp3) is 0.727. The molecule has 0 saturated carbocycles. The Bertz CT molecular complexity index is 321. The van der Waals surface area contributed by atoms with E-state index < -0.39 is 23.9 Å². The Morgan fingerprint density at radius 3 is 2.47 bits per heavy atom. The summed E-state index contributed by atoms with van der Waals surface area (Å²) in [5.74, 6) is -1.83. The van der Waals surface area contributed by atoms with Crippen molar-refractivity contribution in [1.82, 2.24) is 10.6 Å². The summed E-state index contributed by atoms with van der Waals surface area (Å²) in [5.41, 5.74) is 4.93. The number of hydrogen-bond acceptors (Lipinski definition) is 4. The predicted octanol–water partition coefficient (Wildman–Crippen LogP) is -0.571. The van der Waals surface area contributed by atoms with Crippen molar-refractivity contribution >= 4 is 17.9 Å². The summed E-state index contributed by atoms with van der Waals surface area (Å²) in [4.78, 5) is 32.9. The molecule has 0 aliphatic rings. The summed E-state index contributed by atoms with van der Waals surface area (Å²) in [7, 11) is 0. The van der Waals surface area contributed by atoms with Crippen molar-refractivity contribution in [2.75, 3.05) is 13.2 Å². The van der Waals surface area contributed by atoms with Crippen LogP contribution in [0.4, 0.5) is 4.79 Å². The van der Waals surface area contributed by atoms with Crippen LogP contribution in [0.5, 0.6) is 0 Å². The molecule has 1 unspecified atom stereocenters. The van der Waals surface area contributed by atoms with Gasteiger partial charge in [0, 0.05) is 19.6 Å². The van der Waals surface area contributed by atoms with Crippen LogP contribution in [0.25, 0.3) is 0 Å². The van der Waals surface area contributed by atoms with Gasteiger partial charge in [0.25, 0.3) is 0 Å². The molecule has 3 amide bonds. The lowest BCUT2D eigenvalue weighted by atomic mass is 10.1. The minimum Gasteiger partial charge on any atom is -0.480 e. The Balaban J connectivity index is 4.10. The molecule has 2 atom stereocenters. The van der Waals surface area contributed by atoms with Gasteiger partial charge in [0.2, 0.25) is 5.91 Å². The maximum atomic E-state index is 11.5. The lowest BCUT2D eigenvalue weighted by Gasteiger charge is -2.16. The Kier molecular flexibility index (Phi) is 8.27. The van der Waals surface area contributed by atoms with Crippen LogP contribution >= 0.6 is 0 Å². The molecule has 5 N–H and O–H groups in total. The average molecular weight is 275 g/mol. The SMILES string of the molecule is CCOC(C)CNC(=O)N[C@H](CCC(N)=O)C(=O)O. The molecule has 19 heavy (non-hydrogen) atoms. The van der Waals surface area contributed by atoms with Gasteiger partial charge in [-0.1, -0.05) is 0 Å². The van der Waals surface area contributed by atoms with Crippen molar-refractivity contribution in [2.45, 2.75) is 38.8 Å². The van der Waals surface area contributed by atoms with E-state index in [0.29, 0.717) is 6.61 Å². The van der Waals surface area contributed by atoms with E-state index in [1.807, 2.05) is 6.92 Å². The van der Waals surface area contributed by atoms with Gasteiger partial charge in [-0.25, -0.2) is 9.59 Å². The summed E-state index contributed by atoms with van der Waals surface area (Å²) in [5, 5.41) is 13.6. The first-order chi connectivity index (χ1) is 8.86. The standard InChI is InChI=1S/C11H21N3O5/c1-3-19-7(2)6-13-11(18)14-8(10(16)17)4-5-9(12)15/h7-8H,3-6H2,1-2H3,(H2,12,15)(H,16,17)(H2,13,14,18)/t7?,8-/m1/s1. The summed E-state index contributed by atoms with van der Waals surface area (Å²) < 4.78 is 5.20. The summed E-state index contributed by atoms with van der Waals surface area (Å²) in [6.07, 6.45) is -0.309. The largest absolute Gasteiger partial charge is 0.480 e. The van der Waals surface area contributed by atoms with Gasteiger partial charge in [0.05, 0.1) is 6.10 Å². The van der Waals surface area contributed by atoms with Gasteiger partial charge in [0.1, 0.15) is 6.04 Å². The molecule has 0 bridgehead atoms. The number of carbonyl (C=O) groups is 3. The first-order valence-corrected chi connectivity index (χ1v) is 6.03. The van der Waals surface area contributed by atoms with E-state index in [-0.39, 0.29) is 25.5 Å². The Labute approximate surface area is 111 Å². The van der Waals surface area contributed by atoms with E-state index in [0.717, 1.165) is 0 Å². The molecule has 8 nitrogen and oxygen atoms in total. The van der Waals surface area contributed by atoms with E-state index >= 15 is 0 Å². The topological polar surface area (TPSA) is 131 Å². The van der Waals surface area contributed by atoms with Crippen molar-refractivity contribution in [3.63, 3.8) is 0 Å². The number of hydrogen-bond donors (Lipinski definition) is 4. The Morgan fingerprint density at radius 2 is 2.00 bits per heavy atom. The van der Waals surface area contributed by atoms with Gasteiger partial charge < -0.3 is 26.2 Å². The van der Waals surface area contributed by atoms with Crippen molar-refractivity contribution in [3.05, 3.63) is 0 Å². The van der Waals surface area contributed by atoms with E-state index in [2.05, 4.69) is 10.6 Å². The minimum absolute atomic E-state index is 0.0426. The number of nitrogens with one attached hydrogen (secondary N) is 2. The van der Waals surface area contributed by atoms with Crippen molar-refractivity contribution in [3.8, 4) is 0 Å². The fourth-order valence-electron chi connectivity index (χ4n) is 1.33. The van der Waals surface area contributed by atoms with Crippen molar-refractivity contribution in [1.29, 1.82) is 0 Å². The number of carboxylic acid groups (broad SMARTS) is 1. The fourth-order valence-corrected chi connectivity index (χ4v) is 1.33. The van der Waals surface area contributed by atoms with E-state index in [1.54, 1.807) is 6.92 Å². The number of nitrogens with two attached hydrogens (primary N) is 1. The second-order valence-electron chi connectivity index (χ2n) is 4.02. The molecule has 0 spiro atoms. The Morgan fingerprint density at radius 1 is 1.37 bits per heavy atom. The molecule has 0 aliphatic carbocycles. The molecule has 0 radical (unpaired) electrons. The third-order valence-electron chi connectivity index (χ3n) is 2.28. The van der Waals surface area contributed by atoms with Crippen LogP contribution in [0.15, 0.2) is 0 Å². The molecule has 0 fully saturated rings. The first-order valence-electron chi connectivity index (χ1n) is 6.03. The highest BCUT2D eigenvalue weighted by atomic mass is 16.5. The number of aliphatic carboxylic acids is 1. The monoisotopic (exact) mass is 275 g/mol. The third-order valence-corrected chi connectivity index (χ3v) is 2.28. The lowest BCUT2D eigenvalue weighted by molar-refractivity contribution is -0.139. The van der Waals surface area contributed by atoms with Crippen LogP contribution in [-0.4, -0.2) is 48.3 Å². The van der Waals surface area contributed by atoms with Gasteiger partial charge >= 0.3 is 12.0 Å². The van der Waals surface area contributed by atoms with E-state index in [4.69, 9.17) is 15.6 Å². The lowest BCUT2D eigenvalue weighted by Crippen LogP contribution is -2.47. The molecule has 0 aliphatic heterocycles. The Hall–Kier alpha value is -1.83. The smallest absolute Gasteiger partial charge is 0.326 e. The van der Waals surface area contributed by atoms with E-state index in [9.17, 15) is 14.4 Å².